The van der Waals surface area contributed by atoms with Gasteiger partial charge >= 0.3 is 5.97 Å². The van der Waals surface area contributed by atoms with Gasteiger partial charge in [-0.25, -0.2) is 9.79 Å². The average molecular weight is 596 g/mol. The monoisotopic (exact) mass is 595 g/mol. The van der Waals surface area contributed by atoms with Gasteiger partial charge in [0.1, 0.15) is 18.4 Å². The topological polar surface area (TPSA) is 113 Å². The van der Waals surface area contributed by atoms with Gasteiger partial charge < -0.3 is 9.47 Å². The van der Waals surface area contributed by atoms with Gasteiger partial charge in [0.05, 0.1) is 27.3 Å². The number of nitro groups is 1. The summed E-state index contributed by atoms with van der Waals surface area (Å²) in [5, 5.41) is 13.3. The first-order valence-corrected chi connectivity index (χ1v) is 14.2. The number of rotatable bonds is 8. The molecule has 0 spiro atoms. The van der Waals surface area contributed by atoms with Gasteiger partial charge in [0.2, 0.25) is 0 Å². The Bertz CT molecular complexity index is 1810. The van der Waals surface area contributed by atoms with Crippen molar-refractivity contribution < 1.29 is 19.2 Å². The Morgan fingerprint density at radius 1 is 1.23 bits per heavy atom. The van der Waals surface area contributed by atoms with E-state index in [1.165, 1.54) is 39.4 Å². The molecule has 204 valence electrons. The van der Waals surface area contributed by atoms with Crippen LogP contribution in [0.2, 0.25) is 5.02 Å². The second kappa shape index (κ2) is 11.6. The lowest BCUT2D eigenvalue weighted by Crippen LogP contribution is -2.39. The van der Waals surface area contributed by atoms with Gasteiger partial charge in [-0.3, -0.25) is 19.5 Å². The molecule has 0 unspecified atom stereocenters. The van der Waals surface area contributed by atoms with Gasteiger partial charge in [-0.05, 0) is 67.3 Å². The third-order valence-corrected chi connectivity index (χ3v) is 8.27. The van der Waals surface area contributed by atoms with Crippen molar-refractivity contribution in [3.05, 3.63) is 122 Å². The molecule has 1 aliphatic rings. The number of ether oxygens (including phenoxy) is 2. The number of non-ortho nitro benzene ring substituents is 1. The highest BCUT2D eigenvalue weighted by atomic mass is 35.5. The molecule has 1 atom stereocenters. The largest absolute Gasteiger partial charge is 0.488 e. The van der Waals surface area contributed by atoms with Crippen LogP contribution in [-0.4, -0.2) is 22.1 Å². The molecule has 0 saturated carbocycles. The standard InChI is InChI=1S/C28H22ClN3O6S2/c1-3-37-27(34)24-16(2)30-28-31(25(24)22-5-4-12-39-22)26(33)23(40-28)14-18-13-19(29)8-11-21(18)38-15-17-6-9-20(10-7-17)32(35)36/h4-14,25H,3,15H2,1-2H3/b23-14-/t25-/m1/s1. The van der Waals surface area contributed by atoms with Crippen molar-refractivity contribution >= 4 is 52.0 Å². The fourth-order valence-corrected chi connectivity index (χ4v) is 6.33. The average Bonchev–Trinajstić information content (AvgIpc) is 3.56. The lowest BCUT2D eigenvalue weighted by molar-refractivity contribution is -0.384. The zero-order chi connectivity index (χ0) is 28.4. The third-order valence-electron chi connectivity index (χ3n) is 6.13. The minimum Gasteiger partial charge on any atom is -0.488 e. The molecule has 5 rings (SSSR count). The van der Waals surface area contributed by atoms with Crippen molar-refractivity contribution in [2.24, 2.45) is 4.99 Å². The number of benzene rings is 2. The number of aromatic nitrogens is 1. The molecule has 0 fully saturated rings. The summed E-state index contributed by atoms with van der Waals surface area (Å²) < 4.78 is 13.2. The van der Waals surface area contributed by atoms with Crippen LogP contribution in [0.4, 0.5) is 5.69 Å². The molecule has 0 radical (unpaired) electrons. The highest BCUT2D eigenvalue weighted by molar-refractivity contribution is 7.10. The van der Waals surface area contributed by atoms with Crippen LogP contribution in [0.1, 0.15) is 35.9 Å². The molecular weight excluding hydrogens is 574 g/mol. The maximum atomic E-state index is 13.8. The predicted octanol–water partition coefficient (Wildman–Crippen LogP) is 5.00. The van der Waals surface area contributed by atoms with Crippen LogP contribution in [-0.2, 0) is 16.1 Å². The third kappa shape index (κ3) is 5.48. The van der Waals surface area contributed by atoms with E-state index < -0.39 is 16.9 Å². The lowest BCUT2D eigenvalue weighted by atomic mass is 10.0. The summed E-state index contributed by atoms with van der Waals surface area (Å²) in [7, 11) is 0. The molecule has 0 N–H and O–H groups in total. The van der Waals surface area contributed by atoms with E-state index >= 15 is 0 Å². The Morgan fingerprint density at radius 2 is 2.00 bits per heavy atom. The molecule has 40 heavy (non-hydrogen) atoms. The maximum absolute atomic E-state index is 13.8. The van der Waals surface area contributed by atoms with Gasteiger partial charge in [-0.15, -0.1) is 11.3 Å². The number of hydrogen-bond acceptors (Lipinski definition) is 9. The molecule has 1 aliphatic heterocycles. The quantitative estimate of drug-likeness (QED) is 0.161. The van der Waals surface area contributed by atoms with Gasteiger partial charge in [-0.2, -0.15) is 0 Å². The Kier molecular flexibility index (Phi) is 7.97. The second-order valence-electron chi connectivity index (χ2n) is 8.71. The van der Waals surface area contributed by atoms with Gasteiger partial charge in [0, 0.05) is 27.6 Å². The maximum Gasteiger partial charge on any atom is 0.338 e. The van der Waals surface area contributed by atoms with E-state index in [1.54, 1.807) is 50.3 Å². The lowest BCUT2D eigenvalue weighted by Gasteiger charge is -2.23. The van der Waals surface area contributed by atoms with Gasteiger partial charge in [0.25, 0.3) is 11.2 Å². The van der Waals surface area contributed by atoms with Crippen LogP contribution in [0.25, 0.3) is 6.08 Å². The summed E-state index contributed by atoms with van der Waals surface area (Å²) >= 11 is 8.94. The molecule has 9 nitrogen and oxygen atoms in total. The number of thiophene rings is 1. The highest BCUT2D eigenvalue weighted by Crippen LogP contribution is 2.33. The molecule has 0 bridgehead atoms. The van der Waals surface area contributed by atoms with E-state index in [0.29, 0.717) is 36.9 Å². The Hall–Kier alpha value is -4.06. The number of fused-ring (bicyclic) bond motifs is 1. The smallest absolute Gasteiger partial charge is 0.338 e. The van der Waals surface area contributed by atoms with Crippen LogP contribution in [0, 0.1) is 10.1 Å². The van der Waals surface area contributed by atoms with Crippen molar-refractivity contribution in [3.8, 4) is 5.75 Å². The van der Waals surface area contributed by atoms with E-state index in [4.69, 9.17) is 21.1 Å². The summed E-state index contributed by atoms with van der Waals surface area (Å²) in [6, 6.07) is 14.2. The first-order chi connectivity index (χ1) is 19.3. The molecule has 2 aromatic heterocycles. The number of carbonyl (C=O) groups excluding carboxylic acids is 1. The molecule has 12 heteroatoms. The Labute approximate surface area is 241 Å². The number of carbonyl (C=O) groups is 1. The van der Waals surface area contributed by atoms with Crippen molar-refractivity contribution in [3.63, 3.8) is 0 Å². The minimum atomic E-state index is -0.658. The molecule has 0 saturated heterocycles. The number of esters is 1. The first kappa shape index (κ1) is 27.5. The number of allylic oxidation sites excluding steroid dienone is 1. The van der Waals surface area contributed by atoms with Gasteiger partial charge in [-0.1, -0.05) is 29.0 Å². The zero-order valence-corrected chi connectivity index (χ0v) is 23.7. The van der Waals surface area contributed by atoms with Crippen molar-refractivity contribution in [1.29, 1.82) is 0 Å². The molecule has 2 aromatic carbocycles. The summed E-state index contributed by atoms with van der Waals surface area (Å²) in [5.41, 5.74) is 1.83. The normalized spacial score (nSPS) is 15.0. The minimum absolute atomic E-state index is 0.00601. The number of nitro benzene ring substituents is 1. The summed E-state index contributed by atoms with van der Waals surface area (Å²) in [5.74, 6) is -0.0278. The Balaban J connectivity index is 1.55. The van der Waals surface area contributed by atoms with Crippen LogP contribution in [0.5, 0.6) is 5.75 Å². The predicted molar refractivity (Wildman–Crippen MR) is 154 cm³/mol. The zero-order valence-electron chi connectivity index (χ0n) is 21.3. The number of thiazole rings is 1. The molecule has 0 aliphatic carbocycles. The molecular formula is C28H22ClN3O6S2. The number of hydrogen-bond donors (Lipinski definition) is 0. The van der Waals surface area contributed by atoms with Crippen LogP contribution >= 0.6 is 34.3 Å². The first-order valence-electron chi connectivity index (χ1n) is 12.2. The van der Waals surface area contributed by atoms with E-state index in [2.05, 4.69) is 4.99 Å². The SMILES string of the molecule is CCOC(=O)C1=C(C)N=c2s/c(=C\c3cc(Cl)ccc3OCc3ccc([N+](=O)[O-])cc3)c(=O)n2[C@@H]1c1cccs1. The van der Waals surface area contributed by atoms with E-state index in [9.17, 15) is 19.7 Å². The van der Waals surface area contributed by atoms with E-state index in [1.807, 2.05) is 17.5 Å². The molecule has 3 heterocycles. The summed E-state index contributed by atoms with van der Waals surface area (Å²) in [6.07, 6.45) is 1.69. The summed E-state index contributed by atoms with van der Waals surface area (Å²) in [6.45, 7) is 3.83. The van der Waals surface area contributed by atoms with Crippen molar-refractivity contribution in [2.75, 3.05) is 6.61 Å². The van der Waals surface area contributed by atoms with Crippen LogP contribution < -0.4 is 19.6 Å². The van der Waals surface area contributed by atoms with E-state index in [0.717, 1.165) is 10.4 Å². The fraction of sp³-hybridized carbons (Fsp3) is 0.179. The van der Waals surface area contributed by atoms with Crippen LogP contribution in [0.15, 0.2) is 81.0 Å². The Morgan fingerprint density at radius 3 is 2.67 bits per heavy atom. The highest BCUT2D eigenvalue weighted by Gasteiger charge is 2.33. The molecule has 0 amide bonds. The van der Waals surface area contributed by atoms with Crippen molar-refractivity contribution in [1.82, 2.24) is 4.57 Å². The summed E-state index contributed by atoms with van der Waals surface area (Å²) in [4.78, 5) is 43.1. The van der Waals surface area contributed by atoms with Crippen LogP contribution in [0.3, 0.4) is 0 Å². The molecule has 4 aromatic rings. The van der Waals surface area contributed by atoms with Gasteiger partial charge in [0.15, 0.2) is 4.80 Å². The number of halogens is 1. The number of nitrogens with zero attached hydrogens (tertiary/aromatic N) is 3. The fourth-order valence-electron chi connectivity index (χ4n) is 4.29. The van der Waals surface area contributed by atoms with Crippen molar-refractivity contribution in [2.45, 2.75) is 26.5 Å². The second-order valence-corrected chi connectivity index (χ2v) is 11.1. The van der Waals surface area contributed by atoms with E-state index in [-0.39, 0.29) is 24.5 Å².